The summed E-state index contributed by atoms with van der Waals surface area (Å²) in [4.78, 5) is 0.287. The minimum absolute atomic E-state index is 0.0250. The van der Waals surface area contributed by atoms with Gasteiger partial charge in [0.25, 0.3) is 0 Å². The molecule has 4 nitrogen and oxygen atoms in total. The molecule has 1 saturated carbocycles. The Morgan fingerprint density at radius 1 is 1.24 bits per heavy atom. The highest BCUT2D eigenvalue weighted by molar-refractivity contribution is 7.89. The second kappa shape index (κ2) is 6.46. The highest BCUT2D eigenvalue weighted by Crippen LogP contribution is 2.26. The van der Waals surface area contributed by atoms with E-state index >= 15 is 0 Å². The molecular weight excluding hydrogens is 286 g/mol. The quantitative estimate of drug-likeness (QED) is 0.898. The Balaban J connectivity index is 2.27. The molecule has 0 saturated heterocycles. The van der Waals surface area contributed by atoms with Crippen molar-refractivity contribution >= 4 is 10.0 Å². The van der Waals surface area contributed by atoms with Crippen LogP contribution in [0.3, 0.4) is 0 Å². The number of hydrogen-bond acceptors (Lipinski definition) is 3. The lowest BCUT2D eigenvalue weighted by Crippen LogP contribution is -2.38. The molecule has 0 spiro atoms. The SMILES string of the molecule is Cc1cc(C)c(S(=O)(=O)NC2CCCC(C)C2)cc1CO. The van der Waals surface area contributed by atoms with Crippen molar-refractivity contribution in [2.45, 2.75) is 64.0 Å². The van der Waals surface area contributed by atoms with Crippen molar-refractivity contribution in [3.63, 3.8) is 0 Å². The summed E-state index contributed by atoms with van der Waals surface area (Å²) < 4.78 is 28.1. The van der Waals surface area contributed by atoms with Crippen molar-refractivity contribution in [1.82, 2.24) is 4.72 Å². The third-order valence-electron chi connectivity index (χ3n) is 4.35. The van der Waals surface area contributed by atoms with Gasteiger partial charge < -0.3 is 5.11 Å². The van der Waals surface area contributed by atoms with Crippen LogP contribution < -0.4 is 4.72 Å². The molecule has 1 aliphatic rings. The molecule has 0 radical (unpaired) electrons. The number of rotatable bonds is 4. The van der Waals surface area contributed by atoms with Crippen LogP contribution in [0.25, 0.3) is 0 Å². The molecule has 2 N–H and O–H groups in total. The van der Waals surface area contributed by atoms with E-state index in [1.165, 1.54) is 6.42 Å². The first kappa shape index (κ1) is 16.5. The van der Waals surface area contributed by atoms with Crippen molar-refractivity contribution in [3.05, 3.63) is 28.8 Å². The standard InChI is InChI=1S/C16H25NO3S/c1-11-5-4-6-15(7-11)17-21(19,20)16-9-14(10-18)12(2)8-13(16)3/h8-9,11,15,17-18H,4-7,10H2,1-3H3. The molecular formula is C16H25NO3S. The van der Waals surface area contributed by atoms with Crippen LogP contribution in [0.4, 0.5) is 0 Å². The van der Waals surface area contributed by atoms with E-state index in [2.05, 4.69) is 11.6 Å². The van der Waals surface area contributed by atoms with E-state index in [1.807, 2.05) is 13.0 Å². The summed E-state index contributed by atoms with van der Waals surface area (Å²) in [5.41, 5.74) is 2.30. The van der Waals surface area contributed by atoms with Crippen molar-refractivity contribution in [3.8, 4) is 0 Å². The Morgan fingerprint density at radius 2 is 1.95 bits per heavy atom. The topological polar surface area (TPSA) is 66.4 Å². The van der Waals surface area contributed by atoms with Gasteiger partial charge >= 0.3 is 0 Å². The summed E-state index contributed by atoms with van der Waals surface area (Å²) >= 11 is 0. The van der Waals surface area contributed by atoms with Crippen LogP contribution in [0, 0.1) is 19.8 Å². The molecule has 0 aliphatic heterocycles. The molecule has 21 heavy (non-hydrogen) atoms. The molecule has 0 heterocycles. The van der Waals surface area contributed by atoms with Gasteiger partial charge in [-0.3, -0.25) is 0 Å². The fourth-order valence-corrected chi connectivity index (χ4v) is 4.72. The van der Waals surface area contributed by atoms with Gasteiger partial charge in [-0.2, -0.15) is 0 Å². The molecule has 0 bridgehead atoms. The molecule has 0 aromatic heterocycles. The van der Waals surface area contributed by atoms with Crippen LogP contribution in [0.15, 0.2) is 17.0 Å². The maximum atomic E-state index is 12.6. The summed E-state index contributed by atoms with van der Waals surface area (Å²) in [5, 5.41) is 9.34. The van der Waals surface area contributed by atoms with Gasteiger partial charge in [0.05, 0.1) is 11.5 Å². The van der Waals surface area contributed by atoms with Gasteiger partial charge in [0.2, 0.25) is 10.0 Å². The Kier molecular flexibility index (Phi) is 5.07. The monoisotopic (exact) mass is 311 g/mol. The molecule has 2 rings (SSSR count). The summed E-state index contributed by atoms with van der Waals surface area (Å²) in [6.45, 7) is 5.70. The van der Waals surface area contributed by atoms with E-state index in [0.717, 1.165) is 30.4 Å². The summed E-state index contributed by atoms with van der Waals surface area (Å²) in [6.07, 6.45) is 4.05. The van der Waals surface area contributed by atoms with Crippen molar-refractivity contribution < 1.29 is 13.5 Å². The van der Waals surface area contributed by atoms with Gasteiger partial charge in [0, 0.05) is 6.04 Å². The zero-order chi connectivity index (χ0) is 15.6. The van der Waals surface area contributed by atoms with Crippen LogP contribution in [0.5, 0.6) is 0 Å². The number of aliphatic hydroxyl groups excluding tert-OH is 1. The van der Waals surface area contributed by atoms with Crippen molar-refractivity contribution in [1.29, 1.82) is 0 Å². The lowest BCUT2D eigenvalue weighted by Gasteiger charge is -2.27. The predicted molar refractivity (Wildman–Crippen MR) is 83.6 cm³/mol. The number of sulfonamides is 1. The van der Waals surface area contributed by atoms with Crippen molar-refractivity contribution in [2.75, 3.05) is 0 Å². The van der Waals surface area contributed by atoms with Gasteiger partial charge in [-0.25, -0.2) is 13.1 Å². The smallest absolute Gasteiger partial charge is 0.241 e. The first-order chi connectivity index (χ1) is 9.83. The largest absolute Gasteiger partial charge is 0.392 e. The summed E-state index contributed by atoms with van der Waals surface area (Å²) in [6, 6.07) is 3.44. The lowest BCUT2D eigenvalue weighted by molar-refractivity contribution is 0.280. The maximum absolute atomic E-state index is 12.6. The molecule has 1 fully saturated rings. The zero-order valence-electron chi connectivity index (χ0n) is 13.0. The van der Waals surface area contributed by atoms with Gasteiger partial charge in [-0.05, 0) is 55.4 Å². The molecule has 1 aliphatic carbocycles. The van der Waals surface area contributed by atoms with E-state index in [-0.39, 0.29) is 17.5 Å². The third kappa shape index (κ3) is 3.84. The summed E-state index contributed by atoms with van der Waals surface area (Å²) in [5.74, 6) is 0.568. The first-order valence-corrected chi connectivity index (χ1v) is 9.05. The molecule has 0 amide bonds. The molecule has 1 aromatic rings. The van der Waals surface area contributed by atoms with E-state index in [9.17, 15) is 13.5 Å². The third-order valence-corrected chi connectivity index (χ3v) is 6.01. The molecule has 5 heteroatoms. The highest BCUT2D eigenvalue weighted by Gasteiger charge is 2.26. The molecule has 1 aromatic carbocycles. The van der Waals surface area contributed by atoms with Crippen LogP contribution in [-0.4, -0.2) is 19.6 Å². The number of benzene rings is 1. The minimum atomic E-state index is -3.52. The zero-order valence-corrected chi connectivity index (χ0v) is 13.8. The van der Waals surface area contributed by atoms with Gasteiger partial charge in [0.1, 0.15) is 0 Å². The number of aliphatic hydroxyl groups is 1. The fraction of sp³-hybridized carbons (Fsp3) is 0.625. The van der Waals surface area contributed by atoms with Crippen LogP contribution in [0.1, 0.15) is 49.3 Å². The second-order valence-corrected chi connectivity index (χ2v) is 7.97. The van der Waals surface area contributed by atoms with E-state index < -0.39 is 10.0 Å². The Labute approximate surface area is 127 Å². The molecule has 118 valence electrons. The van der Waals surface area contributed by atoms with Crippen LogP contribution >= 0.6 is 0 Å². The average molecular weight is 311 g/mol. The van der Waals surface area contributed by atoms with Gasteiger partial charge in [-0.1, -0.05) is 25.8 Å². The number of aryl methyl sites for hydroxylation is 2. The molecule has 2 atom stereocenters. The normalized spacial score (nSPS) is 23.2. The van der Waals surface area contributed by atoms with E-state index in [0.29, 0.717) is 11.5 Å². The minimum Gasteiger partial charge on any atom is -0.392 e. The second-order valence-electron chi connectivity index (χ2n) is 6.29. The van der Waals surface area contributed by atoms with E-state index in [1.54, 1.807) is 13.0 Å². The van der Waals surface area contributed by atoms with E-state index in [4.69, 9.17) is 0 Å². The number of hydrogen-bond donors (Lipinski definition) is 2. The Bertz CT molecular complexity index is 610. The average Bonchev–Trinajstić information content (AvgIpc) is 2.37. The maximum Gasteiger partial charge on any atom is 0.241 e. The molecule has 2 unspecified atom stereocenters. The van der Waals surface area contributed by atoms with Crippen LogP contribution in [-0.2, 0) is 16.6 Å². The number of nitrogens with one attached hydrogen (secondary N) is 1. The lowest BCUT2D eigenvalue weighted by atomic mass is 9.88. The van der Waals surface area contributed by atoms with Crippen LogP contribution in [0.2, 0.25) is 0 Å². The first-order valence-electron chi connectivity index (χ1n) is 7.57. The van der Waals surface area contributed by atoms with Crippen molar-refractivity contribution in [2.24, 2.45) is 5.92 Å². The fourth-order valence-electron chi connectivity index (χ4n) is 3.16. The predicted octanol–water partition coefficient (Wildman–Crippen LogP) is 2.65. The highest BCUT2D eigenvalue weighted by atomic mass is 32.2. The Hall–Kier alpha value is -0.910. The van der Waals surface area contributed by atoms with Gasteiger partial charge in [0.15, 0.2) is 0 Å². The summed E-state index contributed by atoms with van der Waals surface area (Å²) in [7, 11) is -3.52. The van der Waals surface area contributed by atoms with Gasteiger partial charge in [-0.15, -0.1) is 0 Å². The Morgan fingerprint density at radius 3 is 2.57 bits per heavy atom.